The first kappa shape index (κ1) is 27.2. The van der Waals surface area contributed by atoms with Gasteiger partial charge in [-0.15, -0.1) is 0 Å². The van der Waals surface area contributed by atoms with Gasteiger partial charge in [-0.25, -0.2) is 4.79 Å². The number of rotatable bonds is 9. The lowest BCUT2D eigenvalue weighted by Gasteiger charge is -2.35. The second-order valence-electron chi connectivity index (χ2n) is 11.2. The zero-order chi connectivity index (χ0) is 24.5. The number of hydrogen-bond acceptors (Lipinski definition) is 4. The van der Waals surface area contributed by atoms with Crippen molar-refractivity contribution in [2.45, 2.75) is 85.2 Å². The van der Waals surface area contributed by atoms with Crippen LogP contribution in [0.5, 0.6) is 5.75 Å². The van der Waals surface area contributed by atoms with Crippen molar-refractivity contribution in [3.05, 3.63) is 41.5 Å². The van der Waals surface area contributed by atoms with E-state index < -0.39 is 5.60 Å². The third-order valence-corrected chi connectivity index (χ3v) is 5.75. The minimum atomic E-state index is -0.428. The first-order chi connectivity index (χ1) is 15.5. The van der Waals surface area contributed by atoms with Crippen LogP contribution in [-0.4, -0.2) is 60.8 Å². The summed E-state index contributed by atoms with van der Waals surface area (Å²) < 4.78 is 11.6. The Kier molecular flexibility index (Phi) is 10.3. The molecule has 0 aliphatic carbocycles. The first-order valence-electron chi connectivity index (χ1n) is 12.5. The third kappa shape index (κ3) is 10.2. The van der Waals surface area contributed by atoms with E-state index >= 15 is 0 Å². The molecule has 0 spiro atoms. The Morgan fingerprint density at radius 2 is 1.61 bits per heavy atom. The van der Waals surface area contributed by atoms with Gasteiger partial charge in [-0.05, 0) is 77.0 Å². The molecule has 5 heteroatoms. The molecule has 0 radical (unpaired) electrons. The van der Waals surface area contributed by atoms with Crippen LogP contribution in [0.3, 0.4) is 0 Å². The van der Waals surface area contributed by atoms with Crippen LogP contribution in [0.1, 0.15) is 78.4 Å². The highest BCUT2D eigenvalue weighted by atomic mass is 16.6. The lowest BCUT2D eigenvalue weighted by molar-refractivity contribution is 0.0145. The SMILES string of the molecule is Cc1ccc(OCCCC=CCCCN2CCN(C(=O)OC(C)(C)C)CC2)c(C(C)(C)C)c1. The molecule has 0 atom stereocenters. The van der Waals surface area contributed by atoms with Crippen LogP contribution in [-0.2, 0) is 10.2 Å². The molecule has 1 fully saturated rings. The van der Waals surface area contributed by atoms with Crippen molar-refractivity contribution < 1.29 is 14.3 Å². The second-order valence-corrected chi connectivity index (χ2v) is 11.2. The molecule has 1 saturated heterocycles. The van der Waals surface area contributed by atoms with Crippen molar-refractivity contribution >= 4 is 6.09 Å². The van der Waals surface area contributed by atoms with Gasteiger partial charge in [-0.1, -0.05) is 50.6 Å². The van der Waals surface area contributed by atoms with E-state index in [9.17, 15) is 4.79 Å². The second kappa shape index (κ2) is 12.5. The molecule has 0 aromatic heterocycles. The number of hydrogen-bond donors (Lipinski definition) is 0. The molecule has 0 N–H and O–H groups in total. The van der Waals surface area contributed by atoms with Crippen LogP contribution >= 0.6 is 0 Å². The van der Waals surface area contributed by atoms with Gasteiger partial charge in [-0.2, -0.15) is 0 Å². The van der Waals surface area contributed by atoms with Gasteiger partial charge in [0.2, 0.25) is 0 Å². The van der Waals surface area contributed by atoms with Crippen LogP contribution in [0.2, 0.25) is 0 Å². The largest absolute Gasteiger partial charge is 0.493 e. The summed E-state index contributed by atoms with van der Waals surface area (Å²) in [4.78, 5) is 16.4. The average molecular weight is 459 g/mol. The molecule has 5 nitrogen and oxygen atoms in total. The highest BCUT2D eigenvalue weighted by molar-refractivity contribution is 5.68. The molecule has 0 bridgehead atoms. The summed E-state index contributed by atoms with van der Waals surface area (Å²) in [6.07, 6.45) is 8.71. The molecule has 1 aromatic carbocycles. The van der Waals surface area contributed by atoms with Crippen molar-refractivity contribution in [3.63, 3.8) is 0 Å². The van der Waals surface area contributed by atoms with Gasteiger partial charge >= 0.3 is 6.09 Å². The van der Waals surface area contributed by atoms with Gasteiger partial charge < -0.3 is 14.4 Å². The summed E-state index contributed by atoms with van der Waals surface area (Å²) in [5.74, 6) is 1.02. The van der Waals surface area contributed by atoms with Crippen molar-refractivity contribution in [2.75, 3.05) is 39.3 Å². The topological polar surface area (TPSA) is 42.0 Å². The summed E-state index contributed by atoms with van der Waals surface area (Å²) in [5, 5.41) is 0. The minimum Gasteiger partial charge on any atom is -0.493 e. The van der Waals surface area contributed by atoms with Gasteiger partial charge in [0.05, 0.1) is 6.61 Å². The zero-order valence-electron chi connectivity index (χ0n) is 22.1. The summed E-state index contributed by atoms with van der Waals surface area (Å²) in [6.45, 7) is 19.8. The number of benzene rings is 1. The van der Waals surface area contributed by atoms with Crippen LogP contribution in [0.4, 0.5) is 4.79 Å². The van der Waals surface area contributed by atoms with E-state index in [0.29, 0.717) is 0 Å². The number of amides is 1. The van der Waals surface area contributed by atoms with Crippen molar-refractivity contribution in [1.29, 1.82) is 0 Å². The highest BCUT2D eigenvalue weighted by Crippen LogP contribution is 2.32. The fourth-order valence-electron chi connectivity index (χ4n) is 3.89. The van der Waals surface area contributed by atoms with Crippen LogP contribution in [0, 0.1) is 6.92 Å². The van der Waals surface area contributed by atoms with Crippen molar-refractivity contribution in [1.82, 2.24) is 9.80 Å². The van der Waals surface area contributed by atoms with Gasteiger partial charge in [0.15, 0.2) is 0 Å². The monoisotopic (exact) mass is 458 g/mol. The lowest BCUT2D eigenvalue weighted by Crippen LogP contribution is -2.50. The lowest BCUT2D eigenvalue weighted by atomic mass is 9.85. The third-order valence-electron chi connectivity index (χ3n) is 5.75. The maximum atomic E-state index is 12.1. The molecule has 186 valence electrons. The highest BCUT2D eigenvalue weighted by Gasteiger charge is 2.25. The maximum absolute atomic E-state index is 12.1. The molecule has 1 heterocycles. The number of carbonyl (C=O) groups excluding carboxylic acids is 1. The molecule has 1 amide bonds. The van der Waals surface area contributed by atoms with Gasteiger partial charge in [0.25, 0.3) is 0 Å². The number of carbonyl (C=O) groups is 1. The van der Waals surface area contributed by atoms with Gasteiger partial charge in [-0.3, -0.25) is 4.90 Å². The summed E-state index contributed by atoms with van der Waals surface area (Å²) >= 11 is 0. The number of aryl methyl sites for hydroxylation is 1. The Labute approximate surface area is 202 Å². The fraction of sp³-hybridized carbons (Fsp3) is 0.679. The van der Waals surface area contributed by atoms with E-state index in [2.05, 4.69) is 62.9 Å². The molecule has 0 saturated carbocycles. The molecule has 0 unspecified atom stereocenters. The van der Waals surface area contributed by atoms with E-state index in [0.717, 1.165) is 70.8 Å². The zero-order valence-corrected chi connectivity index (χ0v) is 22.1. The van der Waals surface area contributed by atoms with E-state index in [1.807, 2.05) is 25.7 Å². The molecule has 1 aliphatic rings. The maximum Gasteiger partial charge on any atom is 0.410 e. The number of nitrogens with zero attached hydrogens (tertiary/aromatic N) is 2. The molecule has 33 heavy (non-hydrogen) atoms. The molecular formula is C28H46N2O3. The van der Waals surface area contributed by atoms with E-state index in [4.69, 9.17) is 9.47 Å². The number of allylic oxidation sites excluding steroid dienone is 2. The number of unbranched alkanes of at least 4 members (excludes halogenated alkanes) is 2. The van der Waals surface area contributed by atoms with Crippen molar-refractivity contribution in [3.8, 4) is 5.75 Å². The van der Waals surface area contributed by atoms with E-state index in [1.165, 1.54) is 11.1 Å². The smallest absolute Gasteiger partial charge is 0.410 e. The normalized spacial score (nSPS) is 15.8. The van der Waals surface area contributed by atoms with E-state index in [-0.39, 0.29) is 11.5 Å². The Morgan fingerprint density at radius 1 is 0.970 bits per heavy atom. The van der Waals surface area contributed by atoms with E-state index in [1.54, 1.807) is 0 Å². The van der Waals surface area contributed by atoms with Crippen molar-refractivity contribution in [2.24, 2.45) is 0 Å². The van der Waals surface area contributed by atoms with Crippen LogP contribution < -0.4 is 4.74 Å². The predicted octanol–water partition coefficient (Wildman–Crippen LogP) is 6.34. The molecule has 1 aliphatic heterocycles. The predicted molar refractivity (Wildman–Crippen MR) is 137 cm³/mol. The fourth-order valence-corrected chi connectivity index (χ4v) is 3.89. The van der Waals surface area contributed by atoms with Crippen LogP contribution in [0.15, 0.2) is 30.4 Å². The summed E-state index contributed by atoms with van der Waals surface area (Å²) in [6, 6.07) is 6.48. The number of ether oxygens (including phenoxy) is 2. The average Bonchev–Trinajstić information content (AvgIpc) is 2.72. The summed E-state index contributed by atoms with van der Waals surface area (Å²) in [5.41, 5.74) is 2.22. The molecule has 2 rings (SSSR count). The van der Waals surface area contributed by atoms with Crippen LogP contribution in [0.25, 0.3) is 0 Å². The van der Waals surface area contributed by atoms with Gasteiger partial charge in [0, 0.05) is 26.2 Å². The Morgan fingerprint density at radius 3 is 2.21 bits per heavy atom. The summed E-state index contributed by atoms with van der Waals surface area (Å²) in [7, 11) is 0. The minimum absolute atomic E-state index is 0.0869. The Bertz CT molecular complexity index is 766. The Hall–Kier alpha value is -2.01. The quantitative estimate of drug-likeness (QED) is 0.320. The van der Waals surface area contributed by atoms with Gasteiger partial charge in [0.1, 0.15) is 11.4 Å². The number of piperazine rings is 1. The Balaban J connectivity index is 1.56. The standard InChI is InChI=1S/C28H46N2O3/c1-23-14-15-25(24(22-23)27(2,3)4)32-21-13-11-9-8-10-12-16-29-17-19-30(20-18-29)26(31)33-28(5,6)7/h8-9,14-15,22H,10-13,16-21H2,1-7H3. The molecule has 1 aromatic rings. The molecular weight excluding hydrogens is 412 g/mol. The first-order valence-corrected chi connectivity index (χ1v) is 12.5.